The van der Waals surface area contributed by atoms with Crippen LogP contribution < -0.4 is 20.1 Å². The van der Waals surface area contributed by atoms with E-state index in [2.05, 4.69) is 53.9 Å². The van der Waals surface area contributed by atoms with Crippen molar-refractivity contribution in [1.82, 2.24) is 4.90 Å². The SMILES string of the molecule is CCOc1cc2c(cc1OCC)C(=C(Nc1ccc(CCCN(C)C)cc1)c1ccccc1)C(=O)N2. The minimum absolute atomic E-state index is 0.159. The van der Waals surface area contributed by atoms with E-state index in [1.807, 2.05) is 56.3 Å². The highest BCUT2D eigenvalue weighted by atomic mass is 16.5. The topological polar surface area (TPSA) is 62.8 Å². The van der Waals surface area contributed by atoms with Gasteiger partial charge in [0.05, 0.1) is 30.2 Å². The number of fused-ring (bicyclic) bond motifs is 1. The molecular weight excluding hydrogens is 450 g/mol. The Balaban J connectivity index is 1.73. The molecule has 0 fully saturated rings. The van der Waals surface area contributed by atoms with E-state index < -0.39 is 0 Å². The van der Waals surface area contributed by atoms with Crippen molar-refractivity contribution < 1.29 is 14.3 Å². The molecule has 188 valence electrons. The second kappa shape index (κ2) is 11.8. The van der Waals surface area contributed by atoms with Gasteiger partial charge in [0.15, 0.2) is 11.5 Å². The fourth-order valence-corrected chi connectivity index (χ4v) is 4.34. The normalized spacial score (nSPS) is 13.9. The van der Waals surface area contributed by atoms with Crippen LogP contribution in [0, 0.1) is 0 Å². The van der Waals surface area contributed by atoms with Crippen LogP contribution in [0.25, 0.3) is 11.3 Å². The smallest absolute Gasteiger partial charge is 0.258 e. The van der Waals surface area contributed by atoms with E-state index in [0.717, 1.165) is 41.9 Å². The summed E-state index contributed by atoms with van der Waals surface area (Å²) in [5, 5.41) is 6.56. The first-order valence-electron chi connectivity index (χ1n) is 12.6. The molecule has 0 unspecified atom stereocenters. The number of rotatable bonds is 11. The Bertz CT molecular complexity index is 1220. The molecular formula is C30H35N3O3. The number of aryl methyl sites for hydroxylation is 1. The fourth-order valence-electron chi connectivity index (χ4n) is 4.34. The standard InChI is InChI=1S/C30H35N3O3/c1-5-35-26-19-24-25(20-27(26)36-6-2)32-30(34)28(24)29(22-12-8-7-9-13-22)31-23-16-14-21(15-17-23)11-10-18-33(3)4/h7-9,12-17,19-20,31H,5-6,10-11,18H2,1-4H3,(H,32,34). The first-order chi connectivity index (χ1) is 17.5. The van der Waals surface area contributed by atoms with Crippen molar-refractivity contribution in [2.45, 2.75) is 26.7 Å². The average molecular weight is 486 g/mol. The molecule has 1 aliphatic rings. The average Bonchev–Trinajstić information content (AvgIpc) is 3.18. The summed E-state index contributed by atoms with van der Waals surface area (Å²) in [4.78, 5) is 15.5. The van der Waals surface area contributed by atoms with Crippen LogP contribution in [0.1, 0.15) is 37.0 Å². The molecule has 0 atom stereocenters. The molecule has 0 radical (unpaired) electrons. The Morgan fingerprint density at radius 1 is 0.917 bits per heavy atom. The van der Waals surface area contributed by atoms with Gasteiger partial charge >= 0.3 is 0 Å². The summed E-state index contributed by atoms with van der Waals surface area (Å²) >= 11 is 0. The monoisotopic (exact) mass is 485 g/mol. The van der Waals surface area contributed by atoms with Crippen LogP contribution in [0.2, 0.25) is 0 Å². The van der Waals surface area contributed by atoms with Gasteiger partial charge in [-0.2, -0.15) is 0 Å². The van der Waals surface area contributed by atoms with Gasteiger partial charge in [0.2, 0.25) is 0 Å². The van der Waals surface area contributed by atoms with Crippen LogP contribution in [0.15, 0.2) is 66.7 Å². The number of ether oxygens (including phenoxy) is 2. The molecule has 0 bridgehead atoms. The summed E-state index contributed by atoms with van der Waals surface area (Å²) in [6.07, 6.45) is 2.14. The zero-order chi connectivity index (χ0) is 25.5. The summed E-state index contributed by atoms with van der Waals surface area (Å²) in [7, 11) is 4.19. The van der Waals surface area contributed by atoms with E-state index >= 15 is 0 Å². The molecule has 0 spiro atoms. The highest BCUT2D eigenvalue weighted by Gasteiger charge is 2.30. The molecule has 3 aromatic rings. The molecule has 36 heavy (non-hydrogen) atoms. The van der Waals surface area contributed by atoms with E-state index in [4.69, 9.17) is 9.47 Å². The predicted molar refractivity (Wildman–Crippen MR) is 148 cm³/mol. The van der Waals surface area contributed by atoms with E-state index in [9.17, 15) is 4.79 Å². The number of carbonyl (C=O) groups excluding carboxylic acids is 1. The molecule has 0 saturated carbocycles. The number of nitrogens with zero attached hydrogens (tertiary/aromatic N) is 1. The Hall–Kier alpha value is -3.77. The van der Waals surface area contributed by atoms with Gasteiger partial charge in [0.1, 0.15) is 0 Å². The molecule has 6 nitrogen and oxygen atoms in total. The zero-order valence-electron chi connectivity index (χ0n) is 21.6. The number of nitrogens with one attached hydrogen (secondary N) is 2. The van der Waals surface area contributed by atoms with Gasteiger partial charge in [-0.3, -0.25) is 4.79 Å². The third-order valence-corrected chi connectivity index (χ3v) is 6.03. The number of hydrogen-bond acceptors (Lipinski definition) is 5. The molecule has 0 saturated heterocycles. The maximum Gasteiger partial charge on any atom is 0.258 e. The van der Waals surface area contributed by atoms with E-state index in [1.165, 1.54) is 5.56 Å². The molecule has 1 aliphatic heterocycles. The van der Waals surface area contributed by atoms with Crippen LogP contribution in [-0.4, -0.2) is 44.7 Å². The molecule has 3 aromatic carbocycles. The van der Waals surface area contributed by atoms with Crippen molar-refractivity contribution in [3.05, 3.63) is 83.4 Å². The van der Waals surface area contributed by atoms with Crippen LogP contribution in [-0.2, 0) is 11.2 Å². The lowest BCUT2D eigenvalue weighted by Gasteiger charge is -2.16. The Kier molecular flexibility index (Phi) is 8.28. The molecule has 1 amide bonds. The number of benzene rings is 3. The highest BCUT2D eigenvalue weighted by Crippen LogP contribution is 2.43. The van der Waals surface area contributed by atoms with Gasteiger partial charge in [-0.05, 0) is 76.7 Å². The van der Waals surface area contributed by atoms with Crippen LogP contribution in [0.3, 0.4) is 0 Å². The van der Waals surface area contributed by atoms with Gasteiger partial charge in [-0.25, -0.2) is 0 Å². The lowest BCUT2D eigenvalue weighted by molar-refractivity contribution is -0.110. The Morgan fingerprint density at radius 3 is 2.22 bits per heavy atom. The molecule has 1 heterocycles. The predicted octanol–water partition coefficient (Wildman–Crippen LogP) is 5.91. The van der Waals surface area contributed by atoms with Crippen molar-refractivity contribution in [3.8, 4) is 11.5 Å². The number of amides is 1. The maximum atomic E-state index is 13.3. The summed E-state index contributed by atoms with van der Waals surface area (Å²) < 4.78 is 11.6. The molecule has 0 aliphatic carbocycles. The Labute approximate surface area is 213 Å². The zero-order valence-corrected chi connectivity index (χ0v) is 21.6. The van der Waals surface area contributed by atoms with Crippen LogP contribution >= 0.6 is 0 Å². The minimum Gasteiger partial charge on any atom is -0.490 e. The van der Waals surface area contributed by atoms with Crippen molar-refractivity contribution in [2.24, 2.45) is 0 Å². The maximum absolute atomic E-state index is 13.3. The minimum atomic E-state index is -0.159. The summed E-state index contributed by atoms with van der Waals surface area (Å²) in [6, 6.07) is 22.1. The van der Waals surface area contributed by atoms with Gasteiger partial charge in [-0.1, -0.05) is 42.5 Å². The summed E-state index contributed by atoms with van der Waals surface area (Å²) in [6.45, 7) is 5.94. The van der Waals surface area contributed by atoms with E-state index in [-0.39, 0.29) is 5.91 Å². The molecule has 0 aromatic heterocycles. The van der Waals surface area contributed by atoms with Gasteiger partial charge in [0, 0.05) is 17.3 Å². The first-order valence-corrected chi connectivity index (χ1v) is 12.6. The molecule has 6 heteroatoms. The van der Waals surface area contributed by atoms with Crippen molar-refractivity contribution >= 4 is 28.6 Å². The lowest BCUT2D eigenvalue weighted by Crippen LogP contribution is -2.13. The van der Waals surface area contributed by atoms with Crippen molar-refractivity contribution in [3.63, 3.8) is 0 Å². The summed E-state index contributed by atoms with van der Waals surface area (Å²) in [5.41, 5.74) is 5.98. The van der Waals surface area contributed by atoms with Crippen molar-refractivity contribution in [2.75, 3.05) is 44.5 Å². The highest BCUT2D eigenvalue weighted by molar-refractivity contribution is 6.37. The lowest BCUT2D eigenvalue weighted by atomic mass is 9.99. The largest absolute Gasteiger partial charge is 0.490 e. The summed E-state index contributed by atoms with van der Waals surface area (Å²) in [5.74, 6) is 1.09. The molecule has 4 rings (SSSR count). The molecule has 2 N–H and O–H groups in total. The van der Waals surface area contributed by atoms with E-state index in [1.54, 1.807) is 0 Å². The van der Waals surface area contributed by atoms with Gasteiger partial charge < -0.3 is 25.0 Å². The van der Waals surface area contributed by atoms with Gasteiger partial charge in [0.25, 0.3) is 5.91 Å². The van der Waals surface area contributed by atoms with Gasteiger partial charge in [-0.15, -0.1) is 0 Å². The first kappa shape index (κ1) is 25.3. The Morgan fingerprint density at radius 2 is 1.58 bits per heavy atom. The number of carbonyl (C=O) groups is 1. The third-order valence-electron chi connectivity index (χ3n) is 6.03. The number of hydrogen-bond donors (Lipinski definition) is 2. The van der Waals surface area contributed by atoms with Crippen LogP contribution in [0.5, 0.6) is 11.5 Å². The second-order valence-corrected chi connectivity index (χ2v) is 9.01. The van der Waals surface area contributed by atoms with Crippen LogP contribution in [0.4, 0.5) is 11.4 Å². The second-order valence-electron chi connectivity index (χ2n) is 9.01. The van der Waals surface area contributed by atoms with E-state index in [0.29, 0.717) is 36.0 Å². The fraction of sp³-hybridized carbons (Fsp3) is 0.300. The quantitative estimate of drug-likeness (QED) is 0.331. The van der Waals surface area contributed by atoms with Crippen molar-refractivity contribution in [1.29, 1.82) is 0 Å². The number of anilines is 2. The third kappa shape index (κ3) is 5.89.